The maximum Gasteiger partial charge on any atom is 0.325 e. The van der Waals surface area contributed by atoms with Gasteiger partial charge in [-0.15, -0.1) is 0 Å². The molecule has 2 saturated heterocycles. The summed E-state index contributed by atoms with van der Waals surface area (Å²) in [7, 11) is 0. The fraction of sp³-hybridized carbons (Fsp3) is 0.524. The van der Waals surface area contributed by atoms with E-state index >= 15 is 0 Å². The molecule has 0 bridgehead atoms. The summed E-state index contributed by atoms with van der Waals surface area (Å²) in [6.45, 7) is 5.23. The second-order valence-corrected chi connectivity index (χ2v) is 7.58. The number of hydrogen-bond acceptors (Lipinski definition) is 4. The van der Waals surface area contributed by atoms with E-state index < -0.39 is 17.5 Å². The van der Waals surface area contributed by atoms with Gasteiger partial charge in [0.05, 0.1) is 0 Å². The van der Waals surface area contributed by atoms with Gasteiger partial charge in [-0.3, -0.25) is 19.3 Å². The normalized spacial score (nSPS) is 18.1. The molecule has 1 aromatic rings. The summed E-state index contributed by atoms with van der Waals surface area (Å²) < 4.78 is 0. The van der Waals surface area contributed by atoms with Gasteiger partial charge in [0.25, 0.3) is 11.8 Å². The van der Waals surface area contributed by atoms with E-state index in [9.17, 15) is 19.2 Å². The van der Waals surface area contributed by atoms with Crippen LogP contribution in [-0.2, 0) is 16.1 Å². The van der Waals surface area contributed by atoms with E-state index in [-0.39, 0.29) is 24.9 Å². The first-order valence-corrected chi connectivity index (χ1v) is 10.2. The van der Waals surface area contributed by atoms with Crippen LogP contribution in [0.25, 0.3) is 0 Å². The molecule has 1 aromatic carbocycles. The van der Waals surface area contributed by atoms with Crippen LogP contribution in [-0.4, -0.2) is 58.7 Å². The van der Waals surface area contributed by atoms with Crippen LogP contribution in [0.5, 0.6) is 0 Å². The van der Waals surface area contributed by atoms with Crippen molar-refractivity contribution in [1.29, 1.82) is 0 Å². The summed E-state index contributed by atoms with van der Waals surface area (Å²) in [4.78, 5) is 52.1. The number of benzene rings is 1. The fourth-order valence-electron chi connectivity index (χ4n) is 3.82. The molecule has 0 atom stereocenters. The summed E-state index contributed by atoms with van der Waals surface area (Å²) in [6, 6.07) is 6.60. The molecule has 2 aliphatic rings. The van der Waals surface area contributed by atoms with E-state index in [4.69, 9.17) is 0 Å². The van der Waals surface area contributed by atoms with Gasteiger partial charge in [-0.25, -0.2) is 4.79 Å². The van der Waals surface area contributed by atoms with Crippen molar-refractivity contribution in [2.24, 2.45) is 0 Å². The molecule has 0 aliphatic carbocycles. The molecule has 156 valence electrons. The molecule has 0 saturated carbocycles. The van der Waals surface area contributed by atoms with Gasteiger partial charge >= 0.3 is 6.03 Å². The number of carbonyl (C=O) groups excluding carboxylic acids is 4. The molecule has 2 N–H and O–H groups in total. The first-order chi connectivity index (χ1) is 13.9. The Hall–Kier alpha value is -2.90. The zero-order chi connectivity index (χ0) is 21.0. The lowest BCUT2D eigenvalue weighted by Gasteiger charge is -2.23. The minimum absolute atomic E-state index is 0.0342. The largest absolute Gasteiger partial charge is 0.350 e. The number of urea groups is 1. The van der Waals surface area contributed by atoms with Crippen molar-refractivity contribution in [2.45, 2.75) is 51.6 Å². The van der Waals surface area contributed by atoms with Crippen molar-refractivity contribution in [3.63, 3.8) is 0 Å². The number of nitrogens with zero attached hydrogens (tertiary/aromatic N) is 2. The van der Waals surface area contributed by atoms with Gasteiger partial charge in [-0.2, -0.15) is 0 Å². The Morgan fingerprint density at radius 2 is 1.69 bits per heavy atom. The highest BCUT2D eigenvalue weighted by atomic mass is 16.2. The van der Waals surface area contributed by atoms with Gasteiger partial charge in [-0.05, 0) is 43.4 Å². The molecule has 2 aliphatic heterocycles. The monoisotopic (exact) mass is 400 g/mol. The summed E-state index contributed by atoms with van der Waals surface area (Å²) in [6.07, 6.45) is 3.06. The van der Waals surface area contributed by atoms with Crippen LogP contribution in [0.15, 0.2) is 24.3 Å². The molecular weight excluding hydrogens is 372 g/mol. The van der Waals surface area contributed by atoms with E-state index in [1.807, 2.05) is 18.7 Å². The maximum atomic E-state index is 12.5. The van der Waals surface area contributed by atoms with E-state index in [1.54, 1.807) is 24.3 Å². The number of nitrogens with one attached hydrogen (secondary N) is 2. The van der Waals surface area contributed by atoms with E-state index in [0.717, 1.165) is 36.4 Å². The molecule has 8 nitrogen and oxygen atoms in total. The smallest absolute Gasteiger partial charge is 0.325 e. The van der Waals surface area contributed by atoms with Crippen molar-refractivity contribution in [3.05, 3.63) is 35.4 Å². The van der Waals surface area contributed by atoms with E-state index in [1.165, 1.54) is 0 Å². The Morgan fingerprint density at radius 1 is 1.07 bits per heavy atom. The van der Waals surface area contributed by atoms with Crippen LogP contribution >= 0.6 is 0 Å². The Bertz CT molecular complexity index is 795. The van der Waals surface area contributed by atoms with Gasteiger partial charge in [0, 0.05) is 25.2 Å². The maximum absolute atomic E-state index is 12.5. The van der Waals surface area contributed by atoms with Crippen molar-refractivity contribution in [3.8, 4) is 0 Å². The molecule has 3 rings (SSSR count). The van der Waals surface area contributed by atoms with Gasteiger partial charge in [0.1, 0.15) is 12.1 Å². The zero-order valence-corrected chi connectivity index (χ0v) is 17.0. The molecule has 8 heteroatoms. The summed E-state index contributed by atoms with van der Waals surface area (Å²) in [5, 5.41) is 5.43. The van der Waals surface area contributed by atoms with Crippen LogP contribution in [0.4, 0.5) is 4.79 Å². The Morgan fingerprint density at radius 3 is 2.24 bits per heavy atom. The number of rotatable bonds is 7. The summed E-state index contributed by atoms with van der Waals surface area (Å²) in [5.74, 6) is -0.729. The minimum Gasteiger partial charge on any atom is -0.350 e. The lowest BCUT2D eigenvalue weighted by atomic mass is 9.93. The predicted molar refractivity (Wildman–Crippen MR) is 107 cm³/mol. The Labute approximate surface area is 170 Å². The third kappa shape index (κ3) is 4.26. The van der Waals surface area contributed by atoms with Crippen molar-refractivity contribution in [1.82, 2.24) is 20.4 Å². The Kier molecular flexibility index (Phi) is 6.20. The van der Waals surface area contributed by atoms with Crippen molar-refractivity contribution >= 4 is 23.8 Å². The molecule has 0 spiro atoms. The molecule has 0 aromatic heterocycles. The first kappa shape index (κ1) is 20.8. The highest BCUT2D eigenvalue weighted by molar-refractivity contribution is 6.09. The van der Waals surface area contributed by atoms with Gasteiger partial charge < -0.3 is 15.5 Å². The summed E-state index contributed by atoms with van der Waals surface area (Å²) >= 11 is 0. The van der Waals surface area contributed by atoms with Crippen LogP contribution < -0.4 is 10.6 Å². The van der Waals surface area contributed by atoms with Crippen LogP contribution in [0.2, 0.25) is 0 Å². The third-order valence-corrected chi connectivity index (χ3v) is 5.84. The molecule has 2 heterocycles. The molecule has 0 unspecified atom stereocenters. The van der Waals surface area contributed by atoms with E-state index in [0.29, 0.717) is 18.4 Å². The van der Waals surface area contributed by atoms with Crippen molar-refractivity contribution < 1.29 is 19.2 Å². The second-order valence-electron chi connectivity index (χ2n) is 7.58. The third-order valence-electron chi connectivity index (χ3n) is 5.84. The molecular formula is C21H28N4O4. The number of hydrogen-bond donors (Lipinski definition) is 2. The quantitative estimate of drug-likeness (QED) is 0.680. The average Bonchev–Trinajstić information content (AvgIpc) is 3.35. The lowest BCUT2D eigenvalue weighted by molar-refractivity contribution is -0.135. The topological polar surface area (TPSA) is 98.8 Å². The number of imide groups is 1. The van der Waals surface area contributed by atoms with E-state index in [2.05, 4.69) is 10.6 Å². The highest BCUT2D eigenvalue weighted by Gasteiger charge is 2.49. The van der Waals surface area contributed by atoms with Crippen LogP contribution in [0, 0.1) is 0 Å². The Balaban J connectivity index is 1.52. The summed E-state index contributed by atoms with van der Waals surface area (Å²) in [5.41, 5.74) is 0.566. The first-order valence-electron chi connectivity index (χ1n) is 10.2. The van der Waals surface area contributed by atoms with Crippen molar-refractivity contribution in [2.75, 3.05) is 19.6 Å². The van der Waals surface area contributed by atoms with Crippen LogP contribution in [0.3, 0.4) is 0 Å². The van der Waals surface area contributed by atoms with Gasteiger partial charge in [0.15, 0.2) is 0 Å². The second kappa shape index (κ2) is 8.63. The number of likely N-dealkylation sites (tertiary alicyclic amines) is 1. The van der Waals surface area contributed by atoms with Gasteiger partial charge in [0.2, 0.25) is 5.91 Å². The highest BCUT2D eigenvalue weighted by Crippen LogP contribution is 2.24. The zero-order valence-electron chi connectivity index (χ0n) is 17.0. The molecule has 2 fully saturated rings. The standard InChI is InChI=1S/C21H28N4O4/c1-3-21(4-2)19(28)25(20(29)23-21)14-17(26)22-13-15-7-9-16(10-8-15)18(27)24-11-5-6-12-24/h7-10H,3-6,11-14H2,1-2H3,(H,22,26)(H,23,29). The molecule has 5 amide bonds. The predicted octanol–water partition coefficient (Wildman–Crippen LogP) is 1.65. The van der Waals surface area contributed by atoms with Crippen LogP contribution in [0.1, 0.15) is 55.5 Å². The number of carbonyl (C=O) groups is 4. The van der Waals surface area contributed by atoms with Gasteiger partial charge in [-0.1, -0.05) is 26.0 Å². The minimum atomic E-state index is -0.908. The lowest BCUT2D eigenvalue weighted by Crippen LogP contribution is -2.46. The SMILES string of the molecule is CCC1(CC)NC(=O)N(CC(=O)NCc2ccc(C(=O)N3CCCC3)cc2)C1=O. The average molecular weight is 400 g/mol. The fourth-order valence-corrected chi connectivity index (χ4v) is 3.82. The molecule has 0 radical (unpaired) electrons. The molecule has 29 heavy (non-hydrogen) atoms. The number of amides is 5.